The zero-order valence-corrected chi connectivity index (χ0v) is 9.55. The highest BCUT2D eigenvalue weighted by molar-refractivity contribution is 6.30. The second-order valence-corrected chi connectivity index (χ2v) is 4.17. The minimum absolute atomic E-state index is 0.0220. The van der Waals surface area contributed by atoms with Crippen LogP contribution in [0, 0.1) is 11.7 Å². The van der Waals surface area contributed by atoms with Crippen molar-refractivity contribution in [3.05, 3.63) is 40.2 Å². The molecule has 1 N–H and O–H groups in total. The summed E-state index contributed by atoms with van der Waals surface area (Å²) in [5, 5.41) is 9.46. The number of hydrogen-bond acceptors (Lipinski definition) is 1. The summed E-state index contributed by atoms with van der Waals surface area (Å²) < 4.78 is 13.0. The van der Waals surface area contributed by atoms with Gasteiger partial charge in [0.05, 0.1) is 6.61 Å². The van der Waals surface area contributed by atoms with Crippen LogP contribution in [0.15, 0.2) is 23.8 Å². The van der Waals surface area contributed by atoms with Crippen LogP contribution in [0.1, 0.15) is 19.4 Å². The van der Waals surface area contributed by atoms with Crippen LogP contribution in [0.2, 0.25) is 5.02 Å². The molecule has 15 heavy (non-hydrogen) atoms. The lowest BCUT2D eigenvalue weighted by atomic mass is 10.0. The first-order valence-corrected chi connectivity index (χ1v) is 5.18. The third-order valence-electron chi connectivity index (χ3n) is 2.16. The van der Waals surface area contributed by atoms with Crippen molar-refractivity contribution in [1.29, 1.82) is 0 Å². The van der Waals surface area contributed by atoms with E-state index in [0.29, 0.717) is 10.6 Å². The Morgan fingerprint density at radius 2 is 2.13 bits per heavy atom. The fraction of sp³-hybridized carbons (Fsp3) is 0.333. The van der Waals surface area contributed by atoms with Crippen molar-refractivity contribution in [3.63, 3.8) is 0 Å². The highest BCUT2D eigenvalue weighted by Crippen LogP contribution is 2.19. The van der Waals surface area contributed by atoms with Crippen molar-refractivity contribution in [2.75, 3.05) is 6.61 Å². The summed E-state index contributed by atoms with van der Waals surface area (Å²) in [6.45, 7) is 3.93. The molecular weight excluding hydrogens is 215 g/mol. The second kappa shape index (κ2) is 5.29. The first-order valence-electron chi connectivity index (χ1n) is 4.80. The van der Waals surface area contributed by atoms with E-state index in [1.807, 2.05) is 13.8 Å². The molecule has 0 aromatic heterocycles. The minimum Gasteiger partial charge on any atom is -0.392 e. The highest BCUT2D eigenvalue weighted by Gasteiger charge is 2.03. The van der Waals surface area contributed by atoms with Crippen LogP contribution in [0.5, 0.6) is 0 Å². The molecule has 0 spiro atoms. The molecule has 1 aromatic carbocycles. The largest absolute Gasteiger partial charge is 0.392 e. The van der Waals surface area contributed by atoms with E-state index in [1.54, 1.807) is 12.1 Å². The van der Waals surface area contributed by atoms with Crippen molar-refractivity contribution in [2.45, 2.75) is 13.8 Å². The van der Waals surface area contributed by atoms with Crippen molar-refractivity contribution in [1.82, 2.24) is 0 Å². The summed E-state index contributed by atoms with van der Waals surface area (Å²) in [7, 11) is 0. The maximum Gasteiger partial charge on any atom is 0.125 e. The zero-order valence-electron chi connectivity index (χ0n) is 8.80. The van der Waals surface area contributed by atoms with Gasteiger partial charge in [0.2, 0.25) is 0 Å². The molecule has 1 rings (SSSR count). The smallest absolute Gasteiger partial charge is 0.125 e. The van der Waals surface area contributed by atoms with Gasteiger partial charge in [-0.25, -0.2) is 4.39 Å². The Balaban J connectivity index is 3.05. The van der Waals surface area contributed by atoms with Crippen LogP contribution in [-0.4, -0.2) is 11.7 Å². The van der Waals surface area contributed by atoms with E-state index in [4.69, 9.17) is 16.7 Å². The number of aliphatic hydroxyl groups is 1. The van der Waals surface area contributed by atoms with Crippen LogP contribution in [0.4, 0.5) is 4.39 Å². The van der Waals surface area contributed by atoms with Gasteiger partial charge in [0.25, 0.3) is 0 Å². The Kier molecular flexibility index (Phi) is 4.30. The Labute approximate surface area is 94.2 Å². The van der Waals surface area contributed by atoms with Gasteiger partial charge >= 0.3 is 0 Å². The van der Waals surface area contributed by atoms with E-state index in [1.165, 1.54) is 12.1 Å². The lowest BCUT2D eigenvalue weighted by Gasteiger charge is -2.08. The van der Waals surface area contributed by atoms with E-state index >= 15 is 0 Å². The summed E-state index contributed by atoms with van der Waals surface area (Å²) in [4.78, 5) is 0. The first kappa shape index (κ1) is 12.2. The normalized spacial score (nSPS) is 12.3. The molecule has 0 bridgehead atoms. The van der Waals surface area contributed by atoms with Crippen LogP contribution in [0.3, 0.4) is 0 Å². The topological polar surface area (TPSA) is 20.2 Å². The summed E-state index contributed by atoms with van der Waals surface area (Å²) in [6, 6.07) is 4.32. The summed E-state index contributed by atoms with van der Waals surface area (Å²) in [5.41, 5.74) is 1.54. The molecular formula is C12H14ClFO. The van der Waals surface area contributed by atoms with E-state index in [-0.39, 0.29) is 18.3 Å². The van der Waals surface area contributed by atoms with Gasteiger partial charge < -0.3 is 5.11 Å². The first-order chi connectivity index (χ1) is 7.02. The van der Waals surface area contributed by atoms with E-state index < -0.39 is 0 Å². The molecule has 0 saturated carbocycles. The predicted molar refractivity (Wildman–Crippen MR) is 61.3 cm³/mol. The monoisotopic (exact) mass is 228 g/mol. The lowest BCUT2D eigenvalue weighted by Crippen LogP contribution is -1.98. The van der Waals surface area contributed by atoms with E-state index in [0.717, 1.165) is 5.57 Å². The Morgan fingerprint density at radius 1 is 1.47 bits per heavy atom. The predicted octanol–water partition coefficient (Wildman–Crippen LogP) is 3.51. The van der Waals surface area contributed by atoms with Gasteiger partial charge in [-0.3, -0.25) is 0 Å². The second-order valence-electron chi connectivity index (χ2n) is 3.73. The molecule has 0 fully saturated rings. The molecule has 0 unspecified atom stereocenters. The summed E-state index contributed by atoms with van der Waals surface area (Å²) in [5.74, 6) is -0.133. The number of hydrogen-bond donors (Lipinski definition) is 1. The molecule has 0 saturated heterocycles. The SMILES string of the molecule is CC(C)/C(=C/c1cc(F)cc(Cl)c1)CO. The number of halogens is 2. The Hall–Kier alpha value is -0.860. The lowest BCUT2D eigenvalue weighted by molar-refractivity contribution is 0.320. The molecule has 3 heteroatoms. The number of aliphatic hydroxyl groups excluding tert-OH is 1. The molecule has 0 aliphatic heterocycles. The summed E-state index contributed by atoms with van der Waals surface area (Å²) >= 11 is 5.72. The van der Waals surface area contributed by atoms with Crippen molar-refractivity contribution in [3.8, 4) is 0 Å². The van der Waals surface area contributed by atoms with Gasteiger partial charge in [0.15, 0.2) is 0 Å². The van der Waals surface area contributed by atoms with Crippen LogP contribution in [-0.2, 0) is 0 Å². The van der Waals surface area contributed by atoms with Gasteiger partial charge in [-0.15, -0.1) is 0 Å². The third kappa shape index (κ3) is 3.65. The van der Waals surface area contributed by atoms with Crippen LogP contribution >= 0.6 is 11.6 Å². The van der Waals surface area contributed by atoms with Crippen LogP contribution in [0.25, 0.3) is 6.08 Å². The Morgan fingerprint density at radius 3 is 2.60 bits per heavy atom. The van der Waals surface area contributed by atoms with Gasteiger partial charge in [0.1, 0.15) is 5.82 Å². The molecule has 0 aliphatic carbocycles. The summed E-state index contributed by atoms with van der Waals surface area (Å²) in [6.07, 6.45) is 1.76. The fourth-order valence-corrected chi connectivity index (χ4v) is 1.50. The Bertz CT molecular complexity index is 352. The maximum absolute atomic E-state index is 13.0. The van der Waals surface area contributed by atoms with E-state index in [9.17, 15) is 4.39 Å². The molecule has 82 valence electrons. The quantitative estimate of drug-likeness (QED) is 0.840. The minimum atomic E-state index is -0.366. The zero-order chi connectivity index (χ0) is 11.4. The van der Waals surface area contributed by atoms with Crippen molar-refractivity contribution >= 4 is 17.7 Å². The number of rotatable bonds is 3. The van der Waals surface area contributed by atoms with Gasteiger partial charge in [-0.1, -0.05) is 31.5 Å². The van der Waals surface area contributed by atoms with Gasteiger partial charge in [-0.05, 0) is 35.3 Å². The maximum atomic E-state index is 13.0. The molecule has 1 nitrogen and oxygen atoms in total. The molecule has 1 aromatic rings. The highest BCUT2D eigenvalue weighted by atomic mass is 35.5. The molecule has 0 heterocycles. The number of benzene rings is 1. The molecule has 0 aliphatic rings. The average molecular weight is 229 g/mol. The molecule has 0 radical (unpaired) electrons. The fourth-order valence-electron chi connectivity index (χ4n) is 1.27. The van der Waals surface area contributed by atoms with E-state index in [2.05, 4.69) is 0 Å². The standard InChI is InChI=1S/C12H14ClFO/c1-8(2)10(7-15)3-9-4-11(13)6-12(14)5-9/h3-6,8,15H,7H2,1-2H3/b10-3+. The van der Waals surface area contributed by atoms with Gasteiger partial charge in [0, 0.05) is 5.02 Å². The average Bonchev–Trinajstić information content (AvgIpc) is 2.12. The molecule has 0 amide bonds. The molecule has 0 atom stereocenters. The third-order valence-corrected chi connectivity index (χ3v) is 2.38. The van der Waals surface area contributed by atoms with Crippen molar-refractivity contribution < 1.29 is 9.50 Å². The van der Waals surface area contributed by atoms with Gasteiger partial charge in [-0.2, -0.15) is 0 Å². The van der Waals surface area contributed by atoms with Crippen molar-refractivity contribution in [2.24, 2.45) is 5.92 Å². The van der Waals surface area contributed by atoms with Crippen LogP contribution < -0.4 is 0 Å².